The van der Waals surface area contributed by atoms with Crippen LogP contribution in [0.5, 0.6) is 0 Å². The van der Waals surface area contributed by atoms with Gasteiger partial charge < -0.3 is 25.5 Å². The normalized spacial score (nSPS) is 42.6. The molecule has 0 radical (unpaired) electrons. The first-order valence-corrected chi connectivity index (χ1v) is 9.88. The van der Waals surface area contributed by atoms with Crippen LogP contribution in [0.2, 0.25) is 0 Å². The van der Waals surface area contributed by atoms with Crippen LogP contribution in [0.25, 0.3) is 0 Å². The molecule has 4 aliphatic heterocycles. The van der Waals surface area contributed by atoms with Crippen molar-refractivity contribution in [2.45, 2.75) is 58.3 Å². The van der Waals surface area contributed by atoms with Crippen LogP contribution < -0.4 is 0 Å². The Morgan fingerprint density at radius 3 is 1.63 bits per heavy atom. The number of rotatable bonds is 7. The Morgan fingerprint density at radius 1 is 0.889 bits per heavy atom. The van der Waals surface area contributed by atoms with Gasteiger partial charge in [0.25, 0.3) is 0 Å². The molecule has 4 fully saturated rings. The molecular formula is C19H34N2O6. The molecule has 0 saturated carbocycles. The topological polar surface area (TPSA) is 125 Å². The van der Waals surface area contributed by atoms with E-state index in [9.17, 15) is 25.2 Å². The second-order valence-electron chi connectivity index (χ2n) is 9.40. The summed E-state index contributed by atoms with van der Waals surface area (Å²) in [5.74, 6) is 0.619. The quantitative estimate of drug-likeness (QED) is 0.349. The predicted molar refractivity (Wildman–Crippen MR) is 97.6 cm³/mol. The Labute approximate surface area is 160 Å². The molecule has 4 rings (SSSR count). The lowest BCUT2D eigenvalue weighted by molar-refractivity contribution is -0.244. The largest absolute Gasteiger partial charge is 0.394 e. The fraction of sp³-hybridized carbons (Fsp3) is 0.947. The minimum absolute atomic E-state index is 0.151. The highest BCUT2D eigenvalue weighted by molar-refractivity contribution is 5.94. The highest BCUT2D eigenvalue weighted by Crippen LogP contribution is 2.54. The van der Waals surface area contributed by atoms with Crippen LogP contribution in [0.15, 0.2) is 0 Å². The smallest absolute Gasteiger partial charge is 0.150 e. The van der Waals surface area contributed by atoms with E-state index in [1.165, 1.54) is 0 Å². The number of Topliss-reactive ketones (excluding diaryl/α,β-unsaturated/α-hetero) is 1. The summed E-state index contributed by atoms with van der Waals surface area (Å²) in [6.45, 7) is 9.59. The third-order valence-electron chi connectivity index (χ3n) is 7.39. The summed E-state index contributed by atoms with van der Waals surface area (Å²) in [5.41, 5.74) is -0.990. The van der Waals surface area contributed by atoms with Crippen molar-refractivity contribution in [3.63, 3.8) is 0 Å². The molecule has 4 saturated heterocycles. The number of carbonyl (C=O) groups excluding carboxylic acids is 1. The van der Waals surface area contributed by atoms with E-state index in [1.54, 1.807) is 0 Å². The Balaban J connectivity index is 1.91. The van der Waals surface area contributed by atoms with Gasteiger partial charge in [-0.3, -0.25) is 14.6 Å². The highest BCUT2D eigenvalue weighted by Gasteiger charge is 2.68. The molecule has 8 heteroatoms. The van der Waals surface area contributed by atoms with Crippen LogP contribution in [-0.2, 0) is 4.79 Å². The summed E-state index contributed by atoms with van der Waals surface area (Å²) in [4.78, 5) is 17.6. The van der Waals surface area contributed by atoms with Crippen molar-refractivity contribution < 1.29 is 30.3 Å². The van der Waals surface area contributed by atoms with Crippen molar-refractivity contribution in [3.8, 4) is 0 Å². The zero-order valence-corrected chi connectivity index (χ0v) is 16.6. The van der Waals surface area contributed by atoms with Crippen LogP contribution in [-0.4, -0.2) is 104 Å². The minimum Gasteiger partial charge on any atom is -0.394 e. The van der Waals surface area contributed by atoms with Gasteiger partial charge in [-0.1, -0.05) is 27.7 Å². The Hall–Kier alpha value is -0.610. The van der Waals surface area contributed by atoms with Gasteiger partial charge in [0.15, 0.2) is 5.78 Å². The van der Waals surface area contributed by atoms with Gasteiger partial charge in [-0.15, -0.1) is 0 Å². The van der Waals surface area contributed by atoms with Crippen molar-refractivity contribution in [1.82, 2.24) is 9.80 Å². The number of hydrogen-bond donors (Lipinski definition) is 5. The highest BCUT2D eigenvalue weighted by atomic mass is 16.4. The van der Waals surface area contributed by atoms with E-state index in [1.807, 2.05) is 0 Å². The van der Waals surface area contributed by atoms with Gasteiger partial charge in [0.05, 0.1) is 23.6 Å². The Morgan fingerprint density at radius 2 is 1.30 bits per heavy atom. The van der Waals surface area contributed by atoms with E-state index < -0.39 is 48.0 Å². The van der Waals surface area contributed by atoms with E-state index in [2.05, 4.69) is 37.5 Å². The van der Waals surface area contributed by atoms with Crippen LogP contribution in [0.1, 0.15) is 27.7 Å². The van der Waals surface area contributed by atoms with Crippen LogP contribution in [0, 0.1) is 22.7 Å². The van der Waals surface area contributed by atoms with Crippen LogP contribution in [0.4, 0.5) is 0 Å². The maximum absolute atomic E-state index is 13.5. The maximum Gasteiger partial charge on any atom is 0.150 e. The van der Waals surface area contributed by atoms with E-state index in [0.29, 0.717) is 32.0 Å². The van der Waals surface area contributed by atoms with E-state index >= 15 is 0 Å². The molecule has 0 amide bonds. The fourth-order valence-electron chi connectivity index (χ4n) is 5.45. The zero-order valence-electron chi connectivity index (χ0n) is 16.6. The number of piperidine rings is 2. The van der Waals surface area contributed by atoms with Gasteiger partial charge in [-0.2, -0.15) is 0 Å². The molecule has 27 heavy (non-hydrogen) atoms. The van der Waals surface area contributed by atoms with Gasteiger partial charge in [0.1, 0.15) is 24.4 Å². The van der Waals surface area contributed by atoms with Crippen molar-refractivity contribution in [3.05, 3.63) is 0 Å². The summed E-state index contributed by atoms with van der Waals surface area (Å²) in [6.07, 6.45) is -6.64. The van der Waals surface area contributed by atoms with Gasteiger partial charge in [0.2, 0.25) is 0 Å². The third-order valence-corrected chi connectivity index (χ3v) is 7.39. The minimum atomic E-state index is -1.65. The first kappa shape index (κ1) is 21.1. The predicted octanol–water partition coefficient (Wildman–Crippen LogP) is -1.75. The van der Waals surface area contributed by atoms with Crippen molar-refractivity contribution in [1.29, 1.82) is 0 Å². The van der Waals surface area contributed by atoms with Gasteiger partial charge in [0, 0.05) is 26.2 Å². The number of aliphatic hydroxyl groups is 5. The van der Waals surface area contributed by atoms with Gasteiger partial charge >= 0.3 is 0 Å². The lowest BCUT2D eigenvalue weighted by atomic mass is 9.53. The van der Waals surface area contributed by atoms with E-state index in [0.717, 1.165) is 0 Å². The molecule has 0 aromatic carbocycles. The lowest BCUT2D eigenvalue weighted by Crippen LogP contribution is -2.83. The average Bonchev–Trinajstić information content (AvgIpc) is 2.62. The molecular weight excluding hydrogens is 352 g/mol. The summed E-state index contributed by atoms with van der Waals surface area (Å²) in [6, 6.07) is 0. The van der Waals surface area contributed by atoms with Gasteiger partial charge in [-0.25, -0.2) is 0 Å². The fourth-order valence-corrected chi connectivity index (χ4v) is 5.45. The second-order valence-corrected chi connectivity index (χ2v) is 9.40. The molecule has 0 spiro atoms. The first-order chi connectivity index (χ1) is 12.5. The Kier molecular flexibility index (Phi) is 5.49. The molecule has 156 valence electrons. The second kappa shape index (κ2) is 7.02. The zero-order chi connectivity index (χ0) is 20.3. The molecule has 4 bridgehead atoms. The summed E-state index contributed by atoms with van der Waals surface area (Å²) in [5, 5.41) is 49.8. The standard InChI is InChI=1S/C19H34N2O6/c1-10(2)18-6-20-8-19(11(3)4,17(18)27)9-21(7-18)16(20)15(26)14(25)13(24)12(23)5-22/h10-16,22-26H,5-9H2,1-4H3/t12-,13-,14-,15-,16?,18?,19?/m1/s1. The van der Waals surface area contributed by atoms with Crippen molar-refractivity contribution >= 4 is 5.78 Å². The lowest BCUT2D eigenvalue weighted by Gasteiger charge is -2.69. The van der Waals surface area contributed by atoms with Crippen molar-refractivity contribution in [2.24, 2.45) is 22.7 Å². The molecule has 0 unspecified atom stereocenters. The summed E-state index contributed by atoms with van der Waals surface area (Å²) >= 11 is 0. The first-order valence-electron chi connectivity index (χ1n) is 9.88. The number of nitrogens with zero attached hydrogens (tertiary/aromatic N) is 2. The number of ketones is 1. The molecule has 0 aromatic rings. The Bertz CT molecular complexity index is 537. The maximum atomic E-state index is 13.5. The van der Waals surface area contributed by atoms with E-state index in [-0.39, 0.29) is 11.8 Å². The SMILES string of the molecule is CC(C)C12CN3CC(C(C)C)(CN(C1)C3[C@H](O)[C@H](O)[C@H](O)[C@H](O)CO)C2=O. The number of carbonyl (C=O) groups is 1. The molecule has 4 atom stereocenters. The molecule has 5 N–H and O–H groups in total. The summed E-state index contributed by atoms with van der Waals surface area (Å²) in [7, 11) is 0. The molecule has 4 aliphatic rings. The molecule has 0 aliphatic carbocycles. The van der Waals surface area contributed by atoms with Crippen LogP contribution >= 0.6 is 0 Å². The van der Waals surface area contributed by atoms with Crippen molar-refractivity contribution in [2.75, 3.05) is 32.8 Å². The number of hydrogen-bond acceptors (Lipinski definition) is 8. The van der Waals surface area contributed by atoms with E-state index in [4.69, 9.17) is 5.11 Å². The summed E-state index contributed by atoms with van der Waals surface area (Å²) < 4.78 is 0. The molecule has 0 aromatic heterocycles. The van der Waals surface area contributed by atoms with Crippen LogP contribution in [0.3, 0.4) is 0 Å². The third kappa shape index (κ3) is 2.88. The number of aliphatic hydroxyl groups excluding tert-OH is 5. The van der Waals surface area contributed by atoms with Gasteiger partial charge in [-0.05, 0) is 11.8 Å². The average molecular weight is 386 g/mol. The monoisotopic (exact) mass is 386 g/mol. The molecule has 8 nitrogen and oxygen atoms in total. The molecule has 4 heterocycles.